The number of ether oxygens (including phenoxy) is 2. The molecule has 7 nitrogen and oxygen atoms in total. The molecule has 4 rings (SSSR count). The van der Waals surface area contributed by atoms with Crippen LogP contribution in [-0.4, -0.2) is 44.9 Å². The van der Waals surface area contributed by atoms with Gasteiger partial charge in [0.2, 0.25) is 10.0 Å². The van der Waals surface area contributed by atoms with Gasteiger partial charge in [0.1, 0.15) is 5.75 Å². The number of aryl methyl sites for hydroxylation is 1. The highest BCUT2D eigenvalue weighted by molar-refractivity contribution is 7.89. The molecule has 3 aromatic carbocycles. The maximum Gasteiger partial charge on any atom is 0.255 e. The minimum atomic E-state index is -3.74. The van der Waals surface area contributed by atoms with E-state index in [1.54, 1.807) is 30.3 Å². The molecule has 1 saturated heterocycles. The summed E-state index contributed by atoms with van der Waals surface area (Å²) in [6.45, 7) is 3.33. The van der Waals surface area contributed by atoms with E-state index in [-0.39, 0.29) is 29.6 Å². The molecular formula is C25H26N2O5S. The molecular weight excluding hydrogens is 440 g/mol. The Balaban J connectivity index is 1.67. The average Bonchev–Trinajstić information content (AvgIpc) is 2.86. The van der Waals surface area contributed by atoms with Gasteiger partial charge in [-0.05, 0) is 54.4 Å². The molecule has 0 radical (unpaired) electrons. The van der Waals surface area contributed by atoms with Gasteiger partial charge in [-0.2, -0.15) is 4.31 Å². The van der Waals surface area contributed by atoms with Crippen LogP contribution in [0.2, 0.25) is 0 Å². The van der Waals surface area contributed by atoms with Gasteiger partial charge in [0, 0.05) is 18.7 Å². The summed E-state index contributed by atoms with van der Waals surface area (Å²) in [5.41, 5.74) is 1.87. The number of hydrogen-bond donors (Lipinski definition) is 1. The third-order valence-corrected chi connectivity index (χ3v) is 7.30. The third-order valence-electron chi connectivity index (χ3n) is 5.40. The zero-order chi connectivity index (χ0) is 23.3. The average molecular weight is 467 g/mol. The lowest BCUT2D eigenvalue weighted by Gasteiger charge is -2.26. The molecule has 1 amide bonds. The number of morpholine rings is 1. The molecule has 8 heteroatoms. The van der Waals surface area contributed by atoms with Crippen molar-refractivity contribution in [3.8, 4) is 11.5 Å². The lowest BCUT2D eigenvalue weighted by Crippen LogP contribution is -2.40. The molecule has 1 aliphatic heterocycles. The first-order valence-corrected chi connectivity index (χ1v) is 12.3. The van der Waals surface area contributed by atoms with Crippen molar-refractivity contribution < 1.29 is 22.7 Å². The lowest BCUT2D eigenvalue weighted by atomic mass is 10.1. The predicted molar refractivity (Wildman–Crippen MR) is 126 cm³/mol. The molecule has 33 heavy (non-hydrogen) atoms. The van der Waals surface area contributed by atoms with Crippen LogP contribution in [0.1, 0.15) is 22.8 Å². The van der Waals surface area contributed by atoms with Crippen molar-refractivity contribution in [3.05, 3.63) is 83.9 Å². The van der Waals surface area contributed by atoms with E-state index in [1.807, 2.05) is 37.3 Å². The molecule has 1 heterocycles. The van der Waals surface area contributed by atoms with E-state index in [9.17, 15) is 13.2 Å². The van der Waals surface area contributed by atoms with Crippen LogP contribution in [0.3, 0.4) is 0 Å². The van der Waals surface area contributed by atoms with Crippen molar-refractivity contribution in [1.29, 1.82) is 0 Å². The molecule has 1 N–H and O–H groups in total. The number of carbonyl (C=O) groups excluding carboxylic acids is 1. The van der Waals surface area contributed by atoms with Gasteiger partial charge in [0.05, 0.1) is 23.8 Å². The van der Waals surface area contributed by atoms with Crippen LogP contribution in [0.15, 0.2) is 77.7 Å². The molecule has 3 aromatic rings. The number of nitrogens with zero attached hydrogens (tertiary/aromatic N) is 1. The fraction of sp³-hybridized carbons (Fsp3) is 0.240. The van der Waals surface area contributed by atoms with E-state index >= 15 is 0 Å². The minimum absolute atomic E-state index is 0.0847. The Hall–Kier alpha value is -3.20. The molecule has 0 saturated carbocycles. The summed E-state index contributed by atoms with van der Waals surface area (Å²) in [6.07, 6.45) is 0.873. The second kappa shape index (κ2) is 10.2. The Labute approximate surface area is 194 Å². The minimum Gasteiger partial charge on any atom is -0.455 e. The number of hydrogen-bond acceptors (Lipinski definition) is 5. The largest absolute Gasteiger partial charge is 0.455 e. The normalized spacial score (nSPS) is 14.6. The first-order valence-electron chi connectivity index (χ1n) is 10.8. The van der Waals surface area contributed by atoms with Gasteiger partial charge in [-0.3, -0.25) is 4.79 Å². The standard InChI is InChI=1S/C25H26N2O5S/c1-2-19-8-10-20(11-9-19)25(28)26-23-18-22(33(29,30)27-14-16-31-17-15-27)12-13-24(23)32-21-6-4-3-5-7-21/h3-13,18H,2,14-17H2,1H3,(H,26,28). The first-order chi connectivity index (χ1) is 16.0. The van der Waals surface area contributed by atoms with E-state index in [1.165, 1.54) is 16.4 Å². The van der Waals surface area contributed by atoms with Crippen molar-refractivity contribution in [2.75, 3.05) is 31.6 Å². The smallest absolute Gasteiger partial charge is 0.255 e. The fourth-order valence-corrected chi connectivity index (χ4v) is 4.93. The van der Waals surface area contributed by atoms with Crippen molar-refractivity contribution >= 4 is 21.6 Å². The highest BCUT2D eigenvalue weighted by Gasteiger charge is 2.27. The summed E-state index contributed by atoms with van der Waals surface area (Å²) >= 11 is 0. The fourth-order valence-electron chi connectivity index (χ4n) is 3.49. The predicted octanol–water partition coefficient (Wildman–Crippen LogP) is 4.31. The summed E-state index contributed by atoms with van der Waals surface area (Å²) in [6, 6.07) is 20.9. The van der Waals surface area contributed by atoms with Gasteiger partial charge in [-0.25, -0.2) is 8.42 Å². The molecule has 1 aliphatic rings. The maximum atomic E-state index is 13.2. The van der Waals surface area contributed by atoms with Gasteiger partial charge < -0.3 is 14.8 Å². The third kappa shape index (κ3) is 5.42. The Morgan fingerprint density at radius 1 is 1.00 bits per heavy atom. The summed E-state index contributed by atoms with van der Waals surface area (Å²) < 4.78 is 38.9. The van der Waals surface area contributed by atoms with Crippen LogP contribution in [0.25, 0.3) is 0 Å². The summed E-state index contributed by atoms with van der Waals surface area (Å²) in [7, 11) is -3.74. The SMILES string of the molecule is CCc1ccc(C(=O)Nc2cc(S(=O)(=O)N3CCOCC3)ccc2Oc2ccccc2)cc1. The number of rotatable bonds is 7. The molecule has 172 valence electrons. The summed E-state index contributed by atoms with van der Waals surface area (Å²) in [4.78, 5) is 13.0. The second-order valence-electron chi connectivity index (χ2n) is 7.59. The van der Waals surface area contributed by atoms with Crippen LogP contribution in [0.5, 0.6) is 11.5 Å². The van der Waals surface area contributed by atoms with E-state index in [4.69, 9.17) is 9.47 Å². The second-order valence-corrected chi connectivity index (χ2v) is 9.53. The number of anilines is 1. The summed E-state index contributed by atoms with van der Waals surface area (Å²) in [5, 5.41) is 2.83. The van der Waals surface area contributed by atoms with Crippen molar-refractivity contribution in [2.24, 2.45) is 0 Å². The zero-order valence-corrected chi connectivity index (χ0v) is 19.2. The number of para-hydroxylation sites is 1. The molecule has 0 aliphatic carbocycles. The molecule has 0 atom stereocenters. The Morgan fingerprint density at radius 3 is 2.36 bits per heavy atom. The maximum absolute atomic E-state index is 13.2. The van der Waals surface area contributed by atoms with E-state index in [2.05, 4.69) is 5.32 Å². The van der Waals surface area contributed by atoms with E-state index in [0.29, 0.717) is 30.3 Å². The van der Waals surface area contributed by atoms with Crippen LogP contribution in [0.4, 0.5) is 5.69 Å². The van der Waals surface area contributed by atoms with Gasteiger partial charge >= 0.3 is 0 Å². The number of amides is 1. The van der Waals surface area contributed by atoms with Crippen molar-refractivity contribution in [2.45, 2.75) is 18.2 Å². The quantitative estimate of drug-likeness (QED) is 0.561. The number of nitrogens with one attached hydrogen (secondary N) is 1. The zero-order valence-electron chi connectivity index (χ0n) is 18.4. The first kappa shape index (κ1) is 23.0. The Kier molecular flexibility index (Phi) is 7.08. The highest BCUT2D eigenvalue weighted by atomic mass is 32.2. The van der Waals surface area contributed by atoms with Crippen LogP contribution < -0.4 is 10.1 Å². The summed E-state index contributed by atoms with van der Waals surface area (Å²) in [5.74, 6) is 0.571. The lowest BCUT2D eigenvalue weighted by molar-refractivity contribution is 0.0730. The molecule has 0 bridgehead atoms. The van der Waals surface area contributed by atoms with E-state index < -0.39 is 10.0 Å². The van der Waals surface area contributed by atoms with Gasteiger partial charge in [0.15, 0.2) is 5.75 Å². The highest BCUT2D eigenvalue weighted by Crippen LogP contribution is 2.33. The van der Waals surface area contributed by atoms with Crippen LogP contribution >= 0.6 is 0 Å². The Morgan fingerprint density at radius 2 is 1.70 bits per heavy atom. The Bertz CT molecular complexity index is 1210. The molecule has 0 unspecified atom stereocenters. The number of carbonyl (C=O) groups is 1. The van der Waals surface area contributed by atoms with Gasteiger partial charge in [-0.1, -0.05) is 37.3 Å². The monoisotopic (exact) mass is 466 g/mol. The topological polar surface area (TPSA) is 84.9 Å². The van der Waals surface area contributed by atoms with Crippen LogP contribution in [0, 0.1) is 0 Å². The molecule has 0 aromatic heterocycles. The van der Waals surface area contributed by atoms with Gasteiger partial charge in [0.25, 0.3) is 5.91 Å². The van der Waals surface area contributed by atoms with Gasteiger partial charge in [-0.15, -0.1) is 0 Å². The van der Waals surface area contributed by atoms with Crippen molar-refractivity contribution in [1.82, 2.24) is 4.31 Å². The van der Waals surface area contributed by atoms with Crippen molar-refractivity contribution in [3.63, 3.8) is 0 Å². The molecule has 0 spiro atoms. The van der Waals surface area contributed by atoms with E-state index in [0.717, 1.165) is 12.0 Å². The number of sulfonamides is 1. The molecule has 1 fully saturated rings. The van der Waals surface area contributed by atoms with Crippen LogP contribution in [-0.2, 0) is 21.2 Å². The number of benzene rings is 3.